The molecule has 1 heterocycles. The molecule has 0 unspecified atom stereocenters. The number of sulfonamides is 1. The molecule has 4 nitrogen and oxygen atoms in total. The minimum Gasteiger partial charge on any atom is -0.381 e. The van der Waals surface area contributed by atoms with Gasteiger partial charge in [0.1, 0.15) is 0 Å². The zero-order valence-electron chi connectivity index (χ0n) is 11.3. The van der Waals surface area contributed by atoms with Gasteiger partial charge in [-0.3, -0.25) is 0 Å². The van der Waals surface area contributed by atoms with Crippen LogP contribution in [0.1, 0.15) is 12.8 Å². The number of halogens is 2. The molecular formula is C13H17F2NO3S2. The summed E-state index contributed by atoms with van der Waals surface area (Å²) in [4.78, 5) is -0.266. The van der Waals surface area contributed by atoms with E-state index in [1.54, 1.807) is 11.8 Å². The van der Waals surface area contributed by atoms with Gasteiger partial charge < -0.3 is 4.74 Å². The second-order valence-corrected chi connectivity index (χ2v) is 7.83. The van der Waals surface area contributed by atoms with Gasteiger partial charge in [-0.05, 0) is 31.0 Å². The first-order chi connectivity index (χ1) is 9.99. The Morgan fingerprint density at radius 1 is 1.24 bits per heavy atom. The Bertz CT molecular complexity index is 575. The Kier molecular flexibility index (Phi) is 5.98. The summed E-state index contributed by atoms with van der Waals surface area (Å²) < 4.78 is 57.3. The van der Waals surface area contributed by atoms with Gasteiger partial charge in [-0.25, -0.2) is 21.9 Å². The Morgan fingerprint density at radius 2 is 1.95 bits per heavy atom. The third kappa shape index (κ3) is 4.91. The summed E-state index contributed by atoms with van der Waals surface area (Å²) in [5.74, 6) is -1.61. The summed E-state index contributed by atoms with van der Waals surface area (Å²) in [7, 11) is -3.80. The van der Waals surface area contributed by atoms with Gasteiger partial charge in [0.05, 0.1) is 4.90 Å². The Morgan fingerprint density at radius 3 is 2.62 bits per heavy atom. The van der Waals surface area contributed by atoms with Crippen LogP contribution in [0, 0.1) is 11.6 Å². The van der Waals surface area contributed by atoms with E-state index in [9.17, 15) is 17.2 Å². The molecule has 1 aliphatic heterocycles. The third-order valence-electron chi connectivity index (χ3n) is 3.12. The van der Waals surface area contributed by atoms with E-state index in [1.165, 1.54) is 0 Å². The summed E-state index contributed by atoms with van der Waals surface area (Å²) in [5, 5.41) is 0.492. The van der Waals surface area contributed by atoms with Crippen LogP contribution in [0.3, 0.4) is 0 Å². The van der Waals surface area contributed by atoms with Gasteiger partial charge in [0.25, 0.3) is 0 Å². The first-order valence-electron chi connectivity index (χ1n) is 6.63. The van der Waals surface area contributed by atoms with Gasteiger partial charge in [-0.2, -0.15) is 11.8 Å². The quantitative estimate of drug-likeness (QED) is 0.808. The molecule has 0 amide bonds. The third-order valence-corrected chi connectivity index (χ3v) is 5.96. The van der Waals surface area contributed by atoms with E-state index in [0.717, 1.165) is 38.2 Å². The second-order valence-electron chi connectivity index (χ2n) is 4.66. The van der Waals surface area contributed by atoms with Gasteiger partial charge >= 0.3 is 0 Å². The van der Waals surface area contributed by atoms with E-state index < -0.39 is 21.7 Å². The molecule has 0 bridgehead atoms. The highest BCUT2D eigenvalue weighted by Gasteiger charge is 2.17. The lowest BCUT2D eigenvalue weighted by Crippen LogP contribution is -2.27. The molecule has 0 aliphatic carbocycles. The van der Waals surface area contributed by atoms with Crippen molar-refractivity contribution in [3.63, 3.8) is 0 Å². The molecule has 2 rings (SSSR count). The van der Waals surface area contributed by atoms with Crippen LogP contribution in [0.4, 0.5) is 8.78 Å². The average Bonchev–Trinajstić information content (AvgIpc) is 2.47. The van der Waals surface area contributed by atoms with Crippen LogP contribution >= 0.6 is 11.8 Å². The molecule has 118 valence electrons. The summed E-state index contributed by atoms with van der Waals surface area (Å²) >= 11 is 1.70. The molecule has 1 N–H and O–H groups in total. The van der Waals surface area contributed by atoms with Crippen molar-refractivity contribution < 1.29 is 21.9 Å². The van der Waals surface area contributed by atoms with Gasteiger partial charge in [0.2, 0.25) is 10.0 Å². The molecule has 8 heteroatoms. The highest BCUT2D eigenvalue weighted by molar-refractivity contribution is 8.00. The molecule has 0 spiro atoms. The Labute approximate surface area is 127 Å². The maximum atomic E-state index is 13.1. The summed E-state index contributed by atoms with van der Waals surface area (Å²) in [6, 6.07) is 2.54. The topological polar surface area (TPSA) is 55.4 Å². The van der Waals surface area contributed by atoms with Crippen molar-refractivity contribution in [1.82, 2.24) is 4.72 Å². The minimum atomic E-state index is -3.80. The van der Waals surface area contributed by atoms with Crippen molar-refractivity contribution in [2.75, 3.05) is 25.5 Å². The van der Waals surface area contributed by atoms with E-state index in [2.05, 4.69) is 4.72 Å². The highest BCUT2D eigenvalue weighted by atomic mass is 32.2. The normalized spacial score (nSPS) is 17.0. The summed E-state index contributed by atoms with van der Waals surface area (Å²) in [6.07, 6.45) is 1.95. The SMILES string of the molecule is O=S(=O)(NCCSC1CCOCC1)c1ccc(F)c(F)c1. The molecule has 1 fully saturated rings. The number of rotatable bonds is 6. The average molecular weight is 337 g/mol. The van der Waals surface area contributed by atoms with Crippen molar-refractivity contribution in [2.24, 2.45) is 0 Å². The molecule has 1 saturated heterocycles. The first-order valence-corrected chi connectivity index (χ1v) is 9.16. The predicted octanol–water partition coefficient (Wildman–Crippen LogP) is 2.16. The lowest BCUT2D eigenvalue weighted by atomic mass is 10.2. The largest absolute Gasteiger partial charge is 0.381 e. The molecule has 0 saturated carbocycles. The van der Waals surface area contributed by atoms with E-state index in [1.807, 2.05) is 0 Å². The Hall–Kier alpha value is -0.700. The van der Waals surface area contributed by atoms with Gasteiger partial charge in [-0.15, -0.1) is 0 Å². The molecular weight excluding hydrogens is 320 g/mol. The van der Waals surface area contributed by atoms with Crippen LogP contribution in [0.5, 0.6) is 0 Å². The maximum Gasteiger partial charge on any atom is 0.240 e. The van der Waals surface area contributed by atoms with Crippen molar-refractivity contribution in [2.45, 2.75) is 23.0 Å². The highest BCUT2D eigenvalue weighted by Crippen LogP contribution is 2.21. The molecule has 0 aromatic heterocycles. The van der Waals surface area contributed by atoms with Crippen molar-refractivity contribution in [3.05, 3.63) is 29.8 Å². The lowest BCUT2D eigenvalue weighted by Gasteiger charge is -2.21. The van der Waals surface area contributed by atoms with E-state index in [0.29, 0.717) is 17.1 Å². The molecule has 1 aromatic carbocycles. The number of hydrogen-bond donors (Lipinski definition) is 1. The fourth-order valence-electron chi connectivity index (χ4n) is 1.97. The zero-order valence-corrected chi connectivity index (χ0v) is 13.0. The second kappa shape index (κ2) is 7.53. The predicted molar refractivity (Wildman–Crippen MR) is 77.8 cm³/mol. The fourth-order valence-corrected chi connectivity index (χ4v) is 4.22. The number of hydrogen-bond acceptors (Lipinski definition) is 4. The van der Waals surface area contributed by atoms with Crippen molar-refractivity contribution >= 4 is 21.8 Å². The molecule has 0 radical (unpaired) electrons. The summed E-state index contributed by atoms with van der Waals surface area (Å²) in [5.41, 5.74) is 0. The molecule has 1 aliphatic rings. The monoisotopic (exact) mass is 337 g/mol. The van der Waals surface area contributed by atoms with Gasteiger partial charge in [0.15, 0.2) is 11.6 Å². The fraction of sp³-hybridized carbons (Fsp3) is 0.538. The number of ether oxygens (including phenoxy) is 1. The standard InChI is InChI=1S/C13H17F2NO3S2/c14-12-2-1-11(9-13(12)15)21(17,18)16-5-8-20-10-3-6-19-7-4-10/h1-2,9-10,16H,3-8H2. The minimum absolute atomic E-state index is 0.253. The van der Waals surface area contributed by atoms with Crippen LogP contribution in [0.15, 0.2) is 23.1 Å². The van der Waals surface area contributed by atoms with E-state index in [-0.39, 0.29) is 11.4 Å². The molecule has 1 aromatic rings. The zero-order chi connectivity index (χ0) is 15.3. The van der Waals surface area contributed by atoms with Crippen LogP contribution < -0.4 is 4.72 Å². The number of thioether (sulfide) groups is 1. The molecule has 0 atom stereocenters. The summed E-state index contributed by atoms with van der Waals surface area (Å²) in [6.45, 7) is 1.75. The van der Waals surface area contributed by atoms with Crippen molar-refractivity contribution in [3.8, 4) is 0 Å². The van der Waals surface area contributed by atoms with Gasteiger partial charge in [-0.1, -0.05) is 0 Å². The lowest BCUT2D eigenvalue weighted by molar-refractivity contribution is 0.100. The van der Waals surface area contributed by atoms with Crippen LogP contribution in [0.2, 0.25) is 0 Å². The van der Waals surface area contributed by atoms with Crippen LogP contribution in [0.25, 0.3) is 0 Å². The smallest absolute Gasteiger partial charge is 0.240 e. The first kappa shape index (κ1) is 16.7. The van der Waals surface area contributed by atoms with Crippen LogP contribution in [-0.4, -0.2) is 39.2 Å². The number of nitrogens with one attached hydrogen (secondary N) is 1. The maximum absolute atomic E-state index is 13.1. The van der Waals surface area contributed by atoms with E-state index >= 15 is 0 Å². The van der Waals surface area contributed by atoms with Crippen LogP contribution in [-0.2, 0) is 14.8 Å². The number of benzene rings is 1. The molecule has 21 heavy (non-hydrogen) atoms. The van der Waals surface area contributed by atoms with E-state index in [4.69, 9.17) is 4.74 Å². The van der Waals surface area contributed by atoms with Gasteiger partial charge in [0, 0.05) is 30.8 Å². The Balaban J connectivity index is 1.82. The van der Waals surface area contributed by atoms with Crippen molar-refractivity contribution in [1.29, 1.82) is 0 Å².